The van der Waals surface area contributed by atoms with E-state index in [-0.39, 0.29) is 0 Å². The van der Waals surface area contributed by atoms with Crippen molar-refractivity contribution in [1.82, 2.24) is 5.32 Å². The summed E-state index contributed by atoms with van der Waals surface area (Å²) in [6.07, 6.45) is 0. The molecule has 2 nitrogen and oxygen atoms in total. The van der Waals surface area contributed by atoms with Gasteiger partial charge in [-0.2, -0.15) is 0 Å². The Balaban J connectivity index is 2.48. The summed E-state index contributed by atoms with van der Waals surface area (Å²) in [7, 11) is 1.58. The first-order valence-corrected chi connectivity index (χ1v) is 7.66. The molecule has 0 unspecified atom stereocenters. The highest BCUT2D eigenvalue weighted by molar-refractivity contribution is 6.36. The van der Waals surface area contributed by atoms with Crippen LogP contribution in [0.3, 0.4) is 0 Å². The Morgan fingerprint density at radius 1 is 1.05 bits per heavy atom. The van der Waals surface area contributed by atoms with Gasteiger partial charge in [-0.15, -0.1) is 0 Å². The molecule has 2 aromatic rings. The molecule has 2 aromatic carbocycles. The van der Waals surface area contributed by atoms with E-state index in [2.05, 4.69) is 37.4 Å². The largest absolute Gasteiger partial charge is 0.495 e. The number of methoxy groups -OCH3 is 1. The predicted octanol–water partition coefficient (Wildman–Crippen LogP) is 5.09. The molecule has 0 aliphatic carbocycles. The first-order valence-electron chi connectivity index (χ1n) is 6.90. The summed E-state index contributed by atoms with van der Waals surface area (Å²) in [5.41, 5.74) is 4.41. The van der Waals surface area contributed by atoms with Gasteiger partial charge in [0.1, 0.15) is 5.75 Å². The fourth-order valence-electron chi connectivity index (χ4n) is 2.23. The second kappa shape index (κ2) is 7.17. The van der Waals surface area contributed by atoms with Gasteiger partial charge in [-0.3, -0.25) is 0 Å². The van der Waals surface area contributed by atoms with Gasteiger partial charge >= 0.3 is 0 Å². The quantitative estimate of drug-likeness (QED) is 0.827. The molecule has 0 aliphatic heterocycles. The Morgan fingerprint density at radius 3 is 2.48 bits per heavy atom. The molecule has 0 saturated heterocycles. The third kappa shape index (κ3) is 3.70. The van der Waals surface area contributed by atoms with E-state index in [0.29, 0.717) is 15.8 Å². The Labute approximate surface area is 136 Å². The average Bonchev–Trinajstić information content (AvgIpc) is 2.48. The Kier molecular flexibility index (Phi) is 5.51. The lowest BCUT2D eigenvalue weighted by atomic mass is 9.98. The van der Waals surface area contributed by atoms with Crippen LogP contribution < -0.4 is 10.1 Å². The zero-order valence-electron chi connectivity index (χ0n) is 12.5. The van der Waals surface area contributed by atoms with Crippen LogP contribution in [0.25, 0.3) is 11.1 Å². The minimum atomic E-state index is 0.563. The van der Waals surface area contributed by atoms with Crippen LogP contribution in [-0.2, 0) is 6.54 Å². The Bertz CT molecular complexity index is 641. The van der Waals surface area contributed by atoms with E-state index >= 15 is 0 Å². The zero-order valence-corrected chi connectivity index (χ0v) is 14.0. The van der Waals surface area contributed by atoms with Gasteiger partial charge in [0.2, 0.25) is 0 Å². The average molecular weight is 324 g/mol. The van der Waals surface area contributed by atoms with Crippen molar-refractivity contribution in [2.24, 2.45) is 0 Å². The fourth-order valence-corrected chi connectivity index (χ4v) is 2.73. The Hall–Kier alpha value is -1.22. The highest BCUT2D eigenvalue weighted by atomic mass is 35.5. The predicted molar refractivity (Wildman–Crippen MR) is 90.6 cm³/mol. The van der Waals surface area contributed by atoms with Crippen LogP contribution in [0, 0.1) is 6.92 Å². The Morgan fingerprint density at radius 2 is 1.81 bits per heavy atom. The van der Waals surface area contributed by atoms with Gasteiger partial charge in [0, 0.05) is 18.2 Å². The number of nitrogens with one attached hydrogen (secondary N) is 1. The molecule has 0 spiro atoms. The third-order valence-electron chi connectivity index (χ3n) is 3.41. The maximum absolute atomic E-state index is 6.39. The van der Waals surface area contributed by atoms with Gasteiger partial charge < -0.3 is 10.1 Å². The molecule has 0 heterocycles. The molecule has 1 N–H and O–H groups in total. The van der Waals surface area contributed by atoms with Crippen LogP contribution in [0.4, 0.5) is 0 Å². The van der Waals surface area contributed by atoms with Crippen molar-refractivity contribution in [3.63, 3.8) is 0 Å². The topological polar surface area (TPSA) is 21.3 Å². The monoisotopic (exact) mass is 323 g/mol. The van der Waals surface area contributed by atoms with Crippen molar-refractivity contribution < 1.29 is 4.74 Å². The normalized spacial score (nSPS) is 10.7. The number of hydrogen-bond acceptors (Lipinski definition) is 2. The van der Waals surface area contributed by atoms with Gasteiger partial charge in [-0.25, -0.2) is 0 Å². The standard InChI is InChI=1S/C17H19Cl2NO/c1-4-20-10-12-6-5-11(2)13(7-12)14-8-16(19)17(21-3)9-15(14)18/h5-9,20H,4,10H2,1-3H3. The number of ether oxygens (including phenoxy) is 1. The number of halogens is 2. The molecule has 0 aromatic heterocycles. The van der Waals surface area contributed by atoms with E-state index in [1.54, 1.807) is 13.2 Å². The lowest BCUT2D eigenvalue weighted by molar-refractivity contribution is 0.415. The van der Waals surface area contributed by atoms with Crippen LogP contribution in [0.1, 0.15) is 18.1 Å². The van der Waals surface area contributed by atoms with Crippen LogP contribution in [0.5, 0.6) is 5.75 Å². The minimum absolute atomic E-state index is 0.563. The molecule has 4 heteroatoms. The van der Waals surface area contributed by atoms with E-state index in [0.717, 1.165) is 24.2 Å². The molecule has 0 fully saturated rings. The number of benzene rings is 2. The maximum Gasteiger partial charge on any atom is 0.138 e. The van der Waals surface area contributed by atoms with Crippen molar-refractivity contribution in [2.45, 2.75) is 20.4 Å². The highest BCUT2D eigenvalue weighted by Crippen LogP contribution is 2.38. The zero-order chi connectivity index (χ0) is 15.4. The van der Waals surface area contributed by atoms with E-state index < -0.39 is 0 Å². The summed E-state index contributed by atoms with van der Waals surface area (Å²) in [6.45, 7) is 5.94. The van der Waals surface area contributed by atoms with Crippen molar-refractivity contribution in [1.29, 1.82) is 0 Å². The van der Waals surface area contributed by atoms with Crippen LogP contribution in [0.15, 0.2) is 30.3 Å². The molecule has 0 radical (unpaired) electrons. The molecular weight excluding hydrogens is 305 g/mol. The van der Waals surface area contributed by atoms with Crippen LogP contribution >= 0.6 is 23.2 Å². The third-order valence-corrected chi connectivity index (χ3v) is 4.02. The first kappa shape index (κ1) is 16.2. The molecule has 2 rings (SSSR count). The second-order valence-electron chi connectivity index (χ2n) is 4.90. The van der Waals surface area contributed by atoms with Crippen molar-refractivity contribution in [3.8, 4) is 16.9 Å². The van der Waals surface area contributed by atoms with Crippen molar-refractivity contribution >= 4 is 23.2 Å². The van der Waals surface area contributed by atoms with E-state index in [4.69, 9.17) is 27.9 Å². The van der Waals surface area contributed by atoms with Gasteiger partial charge in [-0.05, 0) is 42.3 Å². The molecule has 21 heavy (non-hydrogen) atoms. The number of aryl methyl sites for hydroxylation is 1. The van der Waals surface area contributed by atoms with Crippen molar-refractivity contribution in [2.75, 3.05) is 13.7 Å². The highest BCUT2D eigenvalue weighted by Gasteiger charge is 2.12. The summed E-state index contributed by atoms with van der Waals surface area (Å²) in [5.74, 6) is 0.590. The van der Waals surface area contributed by atoms with E-state index in [9.17, 15) is 0 Å². The molecule has 0 bridgehead atoms. The fraction of sp³-hybridized carbons (Fsp3) is 0.294. The van der Waals surface area contributed by atoms with E-state index in [1.165, 1.54) is 11.1 Å². The van der Waals surface area contributed by atoms with Gasteiger partial charge in [0.05, 0.1) is 17.2 Å². The molecule has 0 atom stereocenters. The summed E-state index contributed by atoms with van der Waals surface area (Å²) in [6, 6.07) is 10.0. The number of hydrogen-bond donors (Lipinski definition) is 1. The second-order valence-corrected chi connectivity index (χ2v) is 5.71. The molecule has 112 valence electrons. The van der Waals surface area contributed by atoms with Gasteiger partial charge in [-0.1, -0.05) is 42.3 Å². The summed E-state index contributed by atoms with van der Waals surface area (Å²) in [5, 5.41) is 4.53. The molecule has 0 saturated carbocycles. The first-order chi connectivity index (χ1) is 10.1. The van der Waals surface area contributed by atoms with Gasteiger partial charge in [0.15, 0.2) is 0 Å². The molecule has 0 aliphatic rings. The molecular formula is C17H19Cl2NO. The summed E-state index contributed by atoms with van der Waals surface area (Å²) < 4.78 is 5.20. The van der Waals surface area contributed by atoms with Crippen LogP contribution in [-0.4, -0.2) is 13.7 Å². The lowest BCUT2D eigenvalue weighted by Gasteiger charge is -2.13. The maximum atomic E-state index is 6.39. The minimum Gasteiger partial charge on any atom is -0.495 e. The smallest absolute Gasteiger partial charge is 0.138 e. The summed E-state index contributed by atoms with van der Waals surface area (Å²) >= 11 is 12.6. The number of rotatable bonds is 5. The van der Waals surface area contributed by atoms with E-state index in [1.807, 2.05) is 6.07 Å². The van der Waals surface area contributed by atoms with Gasteiger partial charge in [0.25, 0.3) is 0 Å². The van der Waals surface area contributed by atoms with Crippen LogP contribution in [0.2, 0.25) is 10.0 Å². The lowest BCUT2D eigenvalue weighted by Crippen LogP contribution is -2.11. The SMILES string of the molecule is CCNCc1ccc(C)c(-c2cc(Cl)c(OC)cc2Cl)c1. The summed E-state index contributed by atoms with van der Waals surface area (Å²) in [4.78, 5) is 0. The van der Waals surface area contributed by atoms with Crippen molar-refractivity contribution in [3.05, 3.63) is 51.5 Å². The molecule has 0 amide bonds.